The van der Waals surface area contributed by atoms with E-state index in [2.05, 4.69) is 15.9 Å². The summed E-state index contributed by atoms with van der Waals surface area (Å²) in [5.41, 5.74) is 0.979. The summed E-state index contributed by atoms with van der Waals surface area (Å²) in [7, 11) is 3.07. The van der Waals surface area contributed by atoms with Gasteiger partial charge in [-0.1, -0.05) is 11.6 Å². The summed E-state index contributed by atoms with van der Waals surface area (Å²) in [6, 6.07) is 10.1. The summed E-state index contributed by atoms with van der Waals surface area (Å²) in [4.78, 5) is 12.5. The molecule has 2 aromatic carbocycles. The van der Waals surface area contributed by atoms with Crippen molar-refractivity contribution in [3.8, 4) is 11.5 Å². The van der Waals surface area contributed by atoms with Crippen LogP contribution in [0.5, 0.6) is 11.5 Å². The average Bonchev–Trinajstić information content (AvgIpc) is 2.47. The second kappa shape index (κ2) is 6.29. The molecule has 0 unspecified atom stereocenters. The number of carbonyl (C=O) groups excluding carboxylic acids is 1. The van der Waals surface area contributed by atoms with Crippen LogP contribution in [0.2, 0.25) is 5.02 Å². The molecular weight excluding hydrogens is 344 g/mol. The molecule has 0 bridgehead atoms. The number of rotatable bonds is 4. The molecule has 0 saturated carbocycles. The van der Waals surface area contributed by atoms with Gasteiger partial charge >= 0.3 is 0 Å². The van der Waals surface area contributed by atoms with Crippen molar-refractivity contribution in [1.29, 1.82) is 0 Å². The molecule has 0 aliphatic rings. The van der Waals surface area contributed by atoms with Crippen molar-refractivity contribution in [3.63, 3.8) is 0 Å². The van der Waals surface area contributed by atoms with Gasteiger partial charge in [0, 0.05) is 10.6 Å². The molecule has 0 radical (unpaired) electrons. The first-order valence-corrected chi connectivity index (χ1v) is 6.95. The number of methoxy groups -OCH3 is 2. The van der Waals surface area contributed by atoms with Crippen LogP contribution in [0.3, 0.4) is 0 Å². The SMILES string of the molecule is COc1cc(C(=O)c2ccc(Cl)cc2)c(OC)cc1Br. The number of hydrogen-bond acceptors (Lipinski definition) is 3. The molecule has 5 heteroatoms. The smallest absolute Gasteiger partial charge is 0.196 e. The highest BCUT2D eigenvalue weighted by molar-refractivity contribution is 9.10. The van der Waals surface area contributed by atoms with Gasteiger partial charge in [0.1, 0.15) is 11.5 Å². The summed E-state index contributed by atoms with van der Waals surface area (Å²) < 4.78 is 11.2. The van der Waals surface area contributed by atoms with Crippen molar-refractivity contribution in [2.24, 2.45) is 0 Å². The zero-order valence-corrected chi connectivity index (χ0v) is 13.3. The Kier molecular flexibility index (Phi) is 4.68. The Balaban J connectivity index is 2.50. The minimum atomic E-state index is -0.149. The molecule has 0 spiro atoms. The van der Waals surface area contributed by atoms with Crippen LogP contribution >= 0.6 is 27.5 Å². The lowest BCUT2D eigenvalue weighted by atomic mass is 10.0. The molecular formula is C15H12BrClO3. The Bertz CT molecular complexity index is 638. The van der Waals surface area contributed by atoms with E-state index >= 15 is 0 Å². The monoisotopic (exact) mass is 354 g/mol. The van der Waals surface area contributed by atoms with E-state index in [1.807, 2.05) is 0 Å². The van der Waals surface area contributed by atoms with Crippen LogP contribution in [-0.4, -0.2) is 20.0 Å². The van der Waals surface area contributed by atoms with Crippen LogP contribution in [0.4, 0.5) is 0 Å². The van der Waals surface area contributed by atoms with Crippen molar-refractivity contribution in [2.45, 2.75) is 0 Å². The van der Waals surface area contributed by atoms with E-state index in [9.17, 15) is 4.79 Å². The lowest BCUT2D eigenvalue weighted by molar-refractivity contribution is 0.103. The number of benzene rings is 2. The molecule has 3 nitrogen and oxygen atoms in total. The third-order valence-electron chi connectivity index (χ3n) is 2.82. The minimum absolute atomic E-state index is 0.149. The first-order chi connectivity index (χ1) is 9.56. The molecule has 2 aromatic rings. The number of ketones is 1. The van der Waals surface area contributed by atoms with Gasteiger partial charge in [0.15, 0.2) is 5.78 Å². The van der Waals surface area contributed by atoms with E-state index < -0.39 is 0 Å². The van der Waals surface area contributed by atoms with Crippen molar-refractivity contribution in [1.82, 2.24) is 0 Å². The highest BCUT2D eigenvalue weighted by atomic mass is 79.9. The standard InChI is InChI=1S/C15H12BrClO3/c1-19-13-8-12(16)14(20-2)7-11(13)15(18)9-3-5-10(17)6-4-9/h3-8H,1-2H3. The van der Waals surface area contributed by atoms with Crippen molar-refractivity contribution in [3.05, 3.63) is 57.0 Å². The second-order valence-electron chi connectivity index (χ2n) is 4.02. The summed E-state index contributed by atoms with van der Waals surface area (Å²) in [5, 5.41) is 0.585. The maximum absolute atomic E-state index is 12.5. The van der Waals surface area contributed by atoms with Gasteiger partial charge in [0.2, 0.25) is 0 Å². The van der Waals surface area contributed by atoms with E-state index in [-0.39, 0.29) is 5.78 Å². The third-order valence-corrected chi connectivity index (χ3v) is 3.70. The maximum atomic E-state index is 12.5. The predicted octanol–water partition coefficient (Wildman–Crippen LogP) is 4.35. The molecule has 0 heterocycles. The quantitative estimate of drug-likeness (QED) is 0.765. The lowest BCUT2D eigenvalue weighted by Gasteiger charge is -2.11. The van der Waals surface area contributed by atoms with Gasteiger partial charge < -0.3 is 9.47 Å². The Morgan fingerprint density at radius 2 is 1.65 bits per heavy atom. The summed E-state index contributed by atoms with van der Waals surface area (Å²) in [5.74, 6) is 0.907. The fourth-order valence-electron chi connectivity index (χ4n) is 1.79. The van der Waals surface area contributed by atoms with Gasteiger partial charge in [-0.25, -0.2) is 0 Å². The van der Waals surface area contributed by atoms with E-state index in [1.54, 1.807) is 43.5 Å². The van der Waals surface area contributed by atoms with Crippen LogP contribution in [0, 0.1) is 0 Å². The first kappa shape index (κ1) is 14.9. The first-order valence-electron chi connectivity index (χ1n) is 5.78. The van der Waals surface area contributed by atoms with Gasteiger partial charge in [0.05, 0.1) is 24.3 Å². The van der Waals surface area contributed by atoms with Crippen molar-refractivity contribution < 1.29 is 14.3 Å². The molecule has 20 heavy (non-hydrogen) atoms. The molecule has 0 aliphatic carbocycles. The fraction of sp³-hybridized carbons (Fsp3) is 0.133. The van der Waals surface area contributed by atoms with Crippen LogP contribution in [0.25, 0.3) is 0 Å². The van der Waals surface area contributed by atoms with Crippen LogP contribution in [-0.2, 0) is 0 Å². The second-order valence-corrected chi connectivity index (χ2v) is 5.31. The van der Waals surface area contributed by atoms with Gasteiger partial charge in [-0.05, 0) is 52.3 Å². The highest BCUT2D eigenvalue weighted by Gasteiger charge is 2.17. The zero-order chi connectivity index (χ0) is 14.7. The summed E-state index contributed by atoms with van der Waals surface area (Å²) >= 11 is 9.19. The van der Waals surface area contributed by atoms with Gasteiger partial charge in [-0.15, -0.1) is 0 Å². The van der Waals surface area contributed by atoms with Crippen LogP contribution < -0.4 is 9.47 Å². The largest absolute Gasteiger partial charge is 0.496 e. The molecule has 0 fully saturated rings. The van der Waals surface area contributed by atoms with Gasteiger partial charge in [-0.3, -0.25) is 4.79 Å². The molecule has 0 saturated heterocycles. The molecule has 0 atom stereocenters. The molecule has 2 rings (SSSR count). The Labute approximate surface area is 130 Å². The van der Waals surface area contributed by atoms with Crippen molar-refractivity contribution >= 4 is 33.3 Å². The molecule has 0 amide bonds. The van der Waals surface area contributed by atoms with E-state index in [0.717, 1.165) is 4.47 Å². The normalized spacial score (nSPS) is 10.2. The zero-order valence-electron chi connectivity index (χ0n) is 10.9. The Hall–Kier alpha value is -1.52. The molecule has 0 N–H and O–H groups in total. The maximum Gasteiger partial charge on any atom is 0.196 e. The number of hydrogen-bond donors (Lipinski definition) is 0. The number of halogens is 2. The lowest BCUT2D eigenvalue weighted by Crippen LogP contribution is -2.04. The molecule has 0 aromatic heterocycles. The summed E-state index contributed by atoms with van der Waals surface area (Å²) in [6.07, 6.45) is 0. The Morgan fingerprint density at radius 1 is 1.05 bits per heavy atom. The van der Waals surface area contributed by atoms with Gasteiger partial charge in [-0.2, -0.15) is 0 Å². The number of ether oxygens (including phenoxy) is 2. The fourth-order valence-corrected chi connectivity index (χ4v) is 2.40. The topological polar surface area (TPSA) is 35.5 Å². The van der Waals surface area contributed by atoms with E-state index in [0.29, 0.717) is 27.6 Å². The highest BCUT2D eigenvalue weighted by Crippen LogP contribution is 2.34. The van der Waals surface area contributed by atoms with E-state index in [4.69, 9.17) is 21.1 Å². The third kappa shape index (κ3) is 2.97. The summed E-state index contributed by atoms with van der Waals surface area (Å²) in [6.45, 7) is 0. The molecule has 0 aliphatic heterocycles. The minimum Gasteiger partial charge on any atom is -0.496 e. The predicted molar refractivity (Wildman–Crippen MR) is 82.1 cm³/mol. The van der Waals surface area contributed by atoms with Crippen molar-refractivity contribution in [2.75, 3.05) is 14.2 Å². The number of carbonyl (C=O) groups is 1. The van der Waals surface area contributed by atoms with Gasteiger partial charge in [0.25, 0.3) is 0 Å². The average molecular weight is 356 g/mol. The van der Waals surface area contributed by atoms with E-state index in [1.165, 1.54) is 7.11 Å². The molecule has 104 valence electrons. The Morgan fingerprint density at radius 3 is 2.20 bits per heavy atom. The van der Waals surface area contributed by atoms with Crippen LogP contribution in [0.1, 0.15) is 15.9 Å². The van der Waals surface area contributed by atoms with Crippen LogP contribution in [0.15, 0.2) is 40.9 Å².